The van der Waals surface area contributed by atoms with Crippen LogP contribution in [0.1, 0.15) is 32.4 Å². The summed E-state index contributed by atoms with van der Waals surface area (Å²) in [6, 6.07) is 4.89. The molecule has 0 aliphatic rings. The van der Waals surface area contributed by atoms with E-state index in [4.69, 9.17) is 17.0 Å². The molecule has 0 fully saturated rings. The highest BCUT2D eigenvalue weighted by molar-refractivity contribution is 7.71. The highest BCUT2D eigenvalue weighted by Crippen LogP contribution is 2.24. The van der Waals surface area contributed by atoms with E-state index >= 15 is 0 Å². The van der Waals surface area contributed by atoms with E-state index in [0.717, 1.165) is 5.69 Å². The van der Waals surface area contributed by atoms with Crippen molar-refractivity contribution >= 4 is 12.2 Å². The standard InChI is InChI=1S/C14H17FN2OS/c1-4-18-13-6-5-10(7-11(13)15)17-12(9(2)3)8-16-14(17)19/h5-9H,4H2,1-3H3,(H,16,19). The predicted molar refractivity (Wildman–Crippen MR) is 76.2 cm³/mol. The molecule has 0 atom stereocenters. The van der Waals surface area contributed by atoms with Gasteiger partial charge in [-0.3, -0.25) is 4.57 Å². The molecule has 1 heterocycles. The van der Waals surface area contributed by atoms with Crippen molar-refractivity contribution in [3.8, 4) is 11.4 Å². The zero-order chi connectivity index (χ0) is 14.0. The topological polar surface area (TPSA) is 29.9 Å². The summed E-state index contributed by atoms with van der Waals surface area (Å²) in [6.45, 7) is 6.41. The highest BCUT2D eigenvalue weighted by atomic mass is 32.1. The number of imidazole rings is 1. The van der Waals surface area contributed by atoms with Crippen molar-refractivity contribution in [1.29, 1.82) is 0 Å². The number of halogens is 1. The number of rotatable bonds is 4. The maximum Gasteiger partial charge on any atom is 0.182 e. The summed E-state index contributed by atoms with van der Waals surface area (Å²) in [5, 5.41) is 0. The molecule has 2 aromatic rings. The summed E-state index contributed by atoms with van der Waals surface area (Å²) in [6.07, 6.45) is 1.86. The smallest absolute Gasteiger partial charge is 0.182 e. The number of benzene rings is 1. The minimum atomic E-state index is -0.378. The Balaban J connectivity index is 2.51. The van der Waals surface area contributed by atoms with Crippen molar-refractivity contribution in [1.82, 2.24) is 9.55 Å². The van der Waals surface area contributed by atoms with Gasteiger partial charge >= 0.3 is 0 Å². The number of aromatic nitrogens is 2. The average molecular weight is 280 g/mol. The molecule has 0 bridgehead atoms. The molecule has 102 valence electrons. The van der Waals surface area contributed by atoms with E-state index in [1.54, 1.807) is 6.07 Å². The van der Waals surface area contributed by atoms with E-state index in [9.17, 15) is 4.39 Å². The fourth-order valence-electron chi connectivity index (χ4n) is 1.97. The van der Waals surface area contributed by atoms with Crippen LogP contribution in [-0.2, 0) is 0 Å². The third-order valence-electron chi connectivity index (χ3n) is 2.87. The van der Waals surface area contributed by atoms with Gasteiger partial charge in [-0.05, 0) is 37.2 Å². The van der Waals surface area contributed by atoms with Gasteiger partial charge in [-0.25, -0.2) is 4.39 Å². The Morgan fingerprint density at radius 3 is 2.74 bits per heavy atom. The number of nitrogens with one attached hydrogen (secondary N) is 1. The van der Waals surface area contributed by atoms with Gasteiger partial charge in [0.2, 0.25) is 0 Å². The summed E-state index contributed by atoms with van der Waals surface area (Å²) in [7, 11) is 0. The van der Waals surface area contributed by atoms with E-state index in [2.05, 4.69) is 18.8 Å². The summed E-state index contributed by atoms with van der Waals surface area (Å²) in [5.74, 6) is 0.180. The first-order chi connectivity index (χ1) is 9.04. The van der Waals surface area contributed by atoms with Crippen molar-refractivity contribution in [3.63, 3.8) is 0 Å². The second-order valence-electron chi connectivity index (χ2n) is 4.56. The van der Waals surface area contributed by atoms with E-state index in [1.165, 1.54) is 6.07 Å². The van der Waals surface area contributed by atoms with Crippen LogP contribution in [0.25, 0.3) is 5.69 Å². The van der Waals surface area contributed by atoms with E-state index < -0.39 is 0 Å². The lowest BCUT2D eigenvalue weighted by Crippen LogP contribution is -2.03. The fourth-order valence-corrected chi connectivity index (χ4v) is 2.24. The highest BCUT2D eigenvalue weighted by Gasteiger charge is 2.12. The average Bonchev–Trinajstić information content (AvgIpc) is 2.74. The molecule has 0 aliphatic carbocycles. The van der Waals surface area contributed by atoms with Crippen molar-refractivity contribution in [3.05, 3.63) is 40.7 Å². The summed E-state index contributed by atoms with van der Waals surface area (Å²) >= 11 is 5.26. The number of hydrogen-bond donors (Lipinski definition) is 1. The van der Waals surface area contributed by atoms with Crippen molar-refractivity contribution < 1.29 is 9.13 Å². The minimum absolute atomic E-state index is 0.263. The first kappa shape index (κ1) is 13.8. The Morgan fingerprint density at radius 2 is 2.16 bits per heavy atom. The first-order valence-electron chi connectivity index (χ1n) is 6.27. The van der Waals surface area contributed by atoms with Gasteiger partial charge in [-0.1, -0.05) is 13.8 Å². The van der Waals surface area contributed by atoms with E-state index in [1.807, 2.05) is 23.8 Å². The summed E-state index contributed by atoms with van der Waals surface area (Å²) in [5.41, 5.74) is 1.73. The van der Waals surface area contributed by atoms with Crippen LogP contribution in [0.4, 0.5) is 4.39 Å². The molecular formula is C14H17FN2OS. The van der Waals surface area contributed by atoms with Gasteiger partial charge in [0.1, 0.15) is 0 Å². The molecule has 1 N–H and O–H groups in total. The van der Waals surface area contributed by atoms with Gasteiger partial charge in [0.25, 0.3) is 0 Å². The third-order valence-corrected chi connectivity index (χ3v) is 3.17. The van der Waals surface area contributed by atoms with Gasteiger partial charge in [0.05, 0.1) is 12.3 Å². The molecule has 1 aromatic heterocycles. The minimum Gasteiger partial charge on any atom is -0.491 e. The molecule has 3 nitrogen and oxygen atoms in total. The monoisotopic (exact) mass is 280 g/mol. The van der Waals surface area contributed by atoms with Gasteiger partial charge in [-0.15, -0.1) is 0 Å². The lowest BCUT2D eigenvalue weighted by Gasteiger charge is -2.12. The number of H-pyrrole nitrogens is 1. The third kappa shape index (κ3) is 2.71. The van der Waals surface area contributed by atoms with E-state index in [0.29, 0.717) is 23.0 Å². The van der Waals surface area contributed by atoms with Crippen LogP contribution in [0.2, 0.25) is 0 Å². The molecule has 0 aliphatic heterocycles. The summed E-state index contributed by atoms with van der Waals surface area (Å²) in [4.78, 5) is 3.00. The lowest BCUT2D eigenvalue weighted by atomic mass is 10.1. The molecule has 0 spiro atoms. The maximum atomic E-state index is 13.9. The number of nitrogens with zero attached hydrogens (tertiary/aromatic N) is 1. The lowest BCUT2D eigenvalue weighted by molar-refractivity contribution is 0.321. The number of ether oxygens (including phenoxy) is 1. The Kier molecular flexibility index (Phi) is 4.04. The molecule has 0 saturated heterocycles. The van der Waals surface area contributed by atoms with Crippen LogP contribution in [0.5, 0.6) is 5.75 Å². The molecule has 0 amide bonds. The van der Waals surface area contributed by atoms with Gasteiger partial charge < -0.3 is 9.72 Å². The van der Waals surface area contributed by atoms with Gasteiger partial charge in [-0.2, -0.15) is 0 Å². The Bertz CT molecular complexity index is 631. The van der Waals surface area contributed by atoms with Gasteiger partial charge in [0.15, 0.2) is 16.3 Å². The van der Waals surface area contributed by atoms with Crippen LogP contribution in [0.3, 0.4) is 0 Å². The normalized spacial score (nSPS) is 11.0. The zero-order valence-electron chi connectivity index (χ0n) is 11.2. The van der Waals surface area contributed by atoms with Crippen LogP contribution < -0.4 is 4.74 Å². The largest absolute Gasteiger partial charge is 0.491 e. The molecule has 5 heteroatoms. The molecule has 0 radical (unpaired) electrons. The number of hydrogen-bond acceptors (Lipinski definition) is 2. The maximum absolute atomic E-state index is 13.9. The van der Waals surface area contributed by atoms with Crippen LogP contribution >= 0.6 is 12.2 Å². The number of aromatic amines is 1. The molecule has 1 aromatic carbocycles. The van der Waals surface area contributed by atoms with Gasteiger partial charge in [0, 0.05) is 18.0 Å². The summed E-state index contributed by atoms with van der Waals surface area (Å²) < 4.78 is 21.5. The Labute approximate surface area is 117 Å². The van der Waals surface area contributed by atoms with Crippen LogP contribution in [-0.4, -0.2) is 16.2 Å². The van der Waals surface area contributed by atoms with Crippen molar-refractivity contribution in [2.24, 2.45) is 0 Å². The molecule has 0 unspecified atom stereocenters. The molecule has 19 heavy (non-hydrogen) atoms. The quantitative estimate of drug-likeness (QED) is 0.851. The van der Waals surface area contributed by atoms with E-state index in [-0.39, 0.29) is 11.6 Å². The molecule has 0 saturated carbocycles. The van der Waals surface area contributed by atoms with Crippen LogP contribution in [0, 0.1) is 10.6 Å². The zero-order valence-corrected chi connectivity index (χ0v) is 12.1. The molecular weight excluding hydrogens is 263 g/mol. The van der Waals surface area contributed by atoms with Crippen molar-refractivity contribution in [2.45, 2.75) is 26.7 Å². The fraction of sp³-hybridized carbons (Fsp3) is 0.357. The SMILES string of the molecule is CCOc1ccc(-n2c(C(C)C)c[nH]c2=S)cc1F. The Morgan fingerprint density at radius 1 is 1.42 bits per heavy atom. The van der Waals surface area contributed by atoms with Crippen LogP contribution in [0.15, 0.2) is 24.4 Å². The predicted octanol–water partition coefficient (Wildman–Crippen LogP) is 4.20. The second kappa shape index (κ2) is 5.57. The first-order valence-corrected chi connectivity index (χ1v) is 6.68. The molecule has 2 rings (SSSR count). The second-order valence-corrected chi connectivity index (χ2v) is 4.94. The Hall–Kier alpha value is -1.62. The van der Waals surface area contributed by atoms with Crippen molar-refractivity contribution in [2.75, 3.05) is 6.61 Å².